The van der Waals surface area contributed by atoms with Gasteiger partial charge in [-0.3, -0.25) is 9.78 Å². The molecule has 7 nitrogen and oxygen atoms in total. The molecule has 2 aromatic rings. The van der Waals surface area contributed by atoms with Crippen molar-refractivity contribution in [1.82, 2.24) is 15.3 Å². The van der Waals surface area contributed by atoms with E-state index in [0.717, 1.165) is 0 Å². The lowest BCUT2D eigenvalue weighted by Gasteiger charge is -2.03. The summed E-state index contributed by atoms with van der Waals surface area (Å²) in [5, 5.41) is 13.5. The summed E-state index contributed by atoms with van der Waals surface area (Å²) in [5.41, 5.74) is 6.77. The van der Waals surface area contributed by atoms with Crippen molar-refractivity contribution in [2.45, 2.75) is 0 Å². The minimum atomic E-state index is -0.431. The van der Waals surface area contributed by atoms with Crippen molar-refractivity contribution in [2.75, 3.05) is 6.54 Å². The quantitative estimate of drug-likeness (QED) is 0.307. The number of nitrogens with two attached hydrogens (primary N) is 1. The summed E-state index contributed by atoms with van der Waals surface area (Å²) in [4.78, 5) is 20.0. The summed E-state index contributed by atoms with van der Waals surface area (Å²) >= 11 is 0. The third-order valence-corrected chi connectivity index (χ3v) is 2.24. The van der Waals surface area contributed by atoms with Crippen LogP contribution in [0.5, 0.6) is 0 Å². The Labute approximate surface area is 102 Å². The van der Waals surface area contributed by atoms with Crippen LogP contribution in [0.4, 0.5) is 0 Å². The predicted octanol–water partition coefficient (Wildman–Crippen LogP) is 0.106. The van der Waals surface area contributed by atoms with Gasteiger partial charge in [0.05, 0.1) is 23.8 Å². The van der Waals surface area contributed by atoms with E-state index < -0.39 is 5.91 Å². The number of hydrogen-bond donors (Lipinski definition) is 3. The van der Waals surface area contributed by atoms with Gasteiger partial charge in [0.2, 0.25) is 0 Å². The summed E-state index contributed by atoms with van der Waals surface area (Å²) in [6.07, 6.45) is 1.38. The van der Waals surface area contributed by atoms with Gasteiger partial charge in [0.25, 0.3) is 5.91 Å². The van der Waals surface area contributed by atoms with Gasteiger partial charge in [-0.1, -0.05) is 17.3 Å². The summed E-state index contributed by atoms with van der Waals surface area (Å²) in [6, 6.07) is 7.23. The summed E-state index contributed by atoms with van der Waals surface area (Å²) in [6.45, 7) is -0.0517. The fraction of sp³-hybridized carbons (Fsp3) is 0.0909. The van der Waals surface area contributed by atoms with Gasteiger partial charge in [-0.15, -0.1) is 0 Å². The molecule has 0 aliphatic heterocycles. The molecule has 0 atom stereocenters. The maximum Gasteiger partial charge on any atom is 0.271 e. The Bertz CT molecular complexity index is 611. The lowest BCUT2D eigenvalue weighted by molar-refractivity contribution is 0.0954. The molecule has 2 rings (SSSR count). The van der Waals surface area contributed by atoms with E-state index in [-0.39, 0.29) is 18.1 Å². The molecule has 0 radical (unpaired) electrons. The molecule has 92 valence electrons. The molecule has 0 aliphatic carbocycles. The van der Waals surface area contributed by atoms with Crippen molar-refractivity contribution in [3.8, 4) is 0 Å². The van der Waals surface area contributed by atoms with Gasteiger partial charge >= 0.3 is 0 Å². The lowest BCUT2D eigenvalue weighted by Crippen LogP contribution is -2.34. The standard InChI is InChI=1S/C11H11N5O2/c12-10(16-18)6-14-11(17)9-5-13-7-3-1-2-4-8(7)15-9/h1-5,18H,6H2,(H2,12,16)(H,14,17). The molecule has 0 aliphatic rings. The SMILES string of the molecule is N/C(CNC(=O)c1cnc2ccccc2n1)=N/O. The first-order chi connectivity index (χ1) is 8.70. The van der Waals surface area contributed by atoms with Gasteiger partial charge in [-0.05, 0) is 12.1 Å². The predicted molar refractivity (Wildman–Crippen MR) is 65.3 cm³/mol. The number of amides is 1. The number of benzene rings is 1. The molecule has 1 aromatic carbocycles. The van der Waals surface area contributed by atoms with Crippen molar-refractivity contribution in [3.63, 3.8) is 0 Å². The van der Waals surface area contributed by atoms with Crippen LogP contribution in [0.25, 0.3) is 11.0 Å². The molecule has 0 saturated carbocycles. The smallest absolute Gasteiger partial charge is 0.271 e. The van der Waals surface area contributed by atoms with Gasteiger partial charge in [0.1, 0.15) is 5.69 Å². The zero-order chi connectivity index (χ0) is 13.0. The number of oxime groups is 1. The highest BCUT2D eigenvalue weighted by Gasteiger charge is 2.08. The van der Waals surface area contributed by atoms with Crippen LogP contribution in [0.2, 0.25) is 0 Å². The van der Waals surface area contributed by atoms with Crippen LogP contribution >= 0.6 is 0 Å². The lowest BCUT2D eigenvalue weighted by atomic mass is 10.3. The van der Waals surface area contributed by atoms with Crippen molar-refractivity contribution >= 4 is 22.8 Å². The van der Waals surface area contributed by atoms with Gasteiger partial charge in [-0.25, -0.2) is 4.98 Å². The third kappa shape index (κ3) is 2.51. The molecule has 1 amide bonds. The second-order valence-electron chi connectivity index (χ2n) is 3.52. The minimum Gasteiger partial charge on any atom is -0.409 e. The molecule has 7 heteroatoms. The normalized spacial score (nSPS) is 11.4. The van der Waals surface area contributed by atoms with E-state index in [9.17, 15) is 4.79 Å². The molecule has 4 N–H and O–H groups in total. The number of fused-ring (bicyclic) bond motifs is 1. The number of para-hydroxylation sites is 2. The largest absolute Gasteiger partial charge is 0.409 e. The number of nitrogens with zero attached hydrogens (tertiary/aromatic N) is 3. The average Bonchev–Trinajstić information content (AvgIpc) is 2.43. The van der Waals surface area contributed by atoms with Gasteiger partial charge in [-0.2, -0.15) is 0 Å². The topological polar surface area (TPSA) is 113 Å². The van der Waals surface area contributed by atoms with Crippen molar-refractivity contribution in [3.05, 3.63) is 36.2 Å². The Morgan fingerprint density at radius 1 is 1.39 bits per heavy atom. The number of rotatable bonds is 3. The first kappa shape index (κ1) is 11.8. The van der Waals surface area contributed by atoms with Crippen LogP contribution in [0.1, 0.15) is 10.5 Å². The monoisotopic (exact) mass is 245 g/mol. The fourth-order valence-corrected chi connectivity index (χ4v) is 1.36. The van der Waals surface area contributed by atoms with E-state index in [0.29, 0.717) is 11.0 Å². The van der Waals surface area contributed by atoms with Gasteiger partial charge in [0.15, 0.2) is 5.84 Å². The highest BCUT2D eigenvalue weighted by molar-refractivity contribution is 5.96. The van der Waals surface area contributed by atoms with E-state index in [1.165, 1.54) is 6.20 Å². The molecule has 18 heavy (non-hydrogen) atoms. The first-order valence-electron chi connectivity index (χ1n) is 5.17. The average molecular weight is 245 g/mol. The molecular formula is C11H11N5O2. The Balaban J connectivity index is 2.18. The third-order valence-electron chi connectivity index (χ3n) is 2.24. The molecule has 0 fully saturated rings. The molecule has 1 aromatic heterocycles. The molecular weight excluding hydrogens is 234 g/mol. The molecule has 0 saturated heterocycles. The zero-order valence-electron chi connectivity index (χ0n) is 9.37. The number of carbonyl (C=O) groups excluding carboxylic acids is 1. The van der Waals surface area contributed by atoms with E-state index in [2.05, 4.69) is 20.4 Å². The first-order valence-corrected chi connectivity index (χ1v) is 5.17. The second kappa shape index (κ2) is 5.09. The molecule has 1 heterocycles. The highest BCUT2D eigenvalue weighted by atomic mass is 16.4. The Morgan fingerprint density at radius 3 is 2.83 bits per heavy atom. The Hall–Kier alpha value is -2.70. The van der Waals surface area contributed by atoms with E-state index in [4.69, 9.17) is 10.9 Å². The number of carbonyl (C=O) groups is 1. The van der Waals surface area contributed by atoms with Gasteiger partial charge in [0, 0.05) is 0 Å². The maximum absolute atomic E-state index is 11.7. The van der Waals surface area contributed by atoms with E-state index in [1.807, 2.05) is 12.1 Å². The number of nitrogens with one attached hydrogen (secondary N) is 1. The van der Waals surface area contributed by atoms with Crippen LogP contribution < -0.4 is 11.1 Å². The van der Waals surface area contributed by atoms with Crippen LogP contribution in [-0.4, -0.2) is 33.5 Å². The minimum absolute atomic E-state index is 0.0517. The number of amidine groups is 1. The molecule has 0 spiro atoms. The van der Waals surface area contributed by atoms with E-state index >= 15 is 0 Å². The highest BCUT2D eigenvalue weighted by Crippen LogP contribution is 2.08. The Morgan fingerprint density at radius 2 is 2.11 bits per heavy atom. The van der Waals surface area contributed by atoms with Crippen molar-refractivity contribution in [2.24, 2.45) is 10.9 Å². The fourth-order valence-electron chi connectivity index (χ4n) is 1.36. The van der Waals surface area contributed by atoms with Crippen LogP contribution in [0.3, 0.4) is 0 Å². The maximum atomic E-state index is 11.7. The van der Waals surface area contributed by atoms with Crippen LogP contribution in [0, 0.1) is 0 Å². The number of hydrogen-bond acceptors (Lipinski definition) is 5. The van der Waals surface area contributed by atoms with E-state index in [1.54, 1.807) is 12.1 Å². The van der Waals surface area contributed by atoms with Crippen molar-refractivity contribution in [1.29, 1.82) is 0 Å². The summed E-state index contributed by atoms with van der Waals surface area (Å²) < 4.78 is 0. The summed E-state index contributed by atoms with van der Waals surface area (Å²) in [7, 11) is 0. The number of aromatic nitrogens is 2. The second-order valence-corrected chi connectivity index (χ2v) is 3.52. The van der Waals surface area contributed by atoms with Crippen molar-refractivity contribution < 1.29 is 10.0 Å². The zero-order valence-corrected chi connectivity index (χ0v) is 9.37. The molecule has 0 unspecified atom stereocenters. The molecule has 0 bridgehead atoms. The van der Waals surface area contributed by atoms with Crippen LogP contribution in [-0.2, 0) is 0 Å². The summed E-state index contributed by atoms with van der Waals surface area (Å²) in [5.74, 6) is -0.517. The van der Waals surface area contributed by atoms with Crippen LogP contribution in [0.15, 0.2) is 35.6 Å². The van der Waals surface area contributed by atoms with Gasteiger partial charge < -0.3 is 16.3 Å². The Kier molecular flexibility index (Phi) is 3.33.